The Balaban J connectivity index is 3.04. The highest BCUT2D eigenvalue weighted by Crippen LogP contribution is 2.26. The Morgan fingerprint density at radius 3 is 2.38 bits per heavy atom. The average molecular weight is 313 g/mol. The van der Waals surface area contributed by atoms with E-state index in [4.69, 9.17) is 4.74 Å². The standard InChI is InChI=1S/C14H23N3O3S/c1-7-8-14(5,12(19)20-6)15-11(18)9-10(13(2,3)4)16-17-21-9/h7-8H2,1-6H3,(H,15,18). The predicted molar refractivity (Wildman–Crippen MR) is 81.4 cm³/mol. The van der Waals surface area contributed by atoms with Gasteiger partial charge in [-0.15, -0.1) is 5.10 Å². The van der Waals surface area contributed by atoms with Crippen LogP contribution >= 0.6 is 11.5 Å². The van der Waals surface area contributed by atoms with Gasteiger partial charge in [0, 0.05) is 5.41 Å². The molecule has 21 heavy (non-hydrogen) atoms. The highest BCUT2D eigenvalue weighted by atomic mass is 32.1. The number of nitrogens with zero attached hydrogens (tertiary/aromatic N) is 2. The van der Waals surface area contributed by atoms with Crippen LogP contribution in [-0.4, -0.2) is 34.1 Å². The Labute approximate surface area is 129 Å². The molecule has 118 valence electrons. The molecule has 1 rings (SSSR count). The second-order valence-electron chi connectivity index (χ2n) is 6.23. The Morgan fingerprint density at radius 2 is 1.90 bits per heavy atom. The molecule has 0 saturated carbocycles. The van der Waals surface area contributed by atoms with Gasteiger partial charge in [-0.2, -0.15) is 0 Å². The van der Waals surface area contributed by atoms with Crippen LogP contribution in [0.3, 0.4) is 0 Å². The third kappa shape index (κ3) is 4.00. The molecule has 1 aromatic rings. The van der Waals surface area contributed by atoms with Gasteiger partial charge in [0.15, 0.2) is 0 Å². The molecule has 0 radical (unpaired) electrons. The Morgan fingerprint density at radius 1 is 1.29 bits per heavy atom. The summed E-state index contributed by atoms with van der Waals surface area (Å²) in [6.07, 6.45) is 1.25. The van der Waals surface area contributed by atoms with E-state index in [9.17, 15) is 9.59 Å². The van der Waals surface area contributed by atoms with Gasteiger partial charge >= 0.3 is 5.97 Å². The van der Waals surface area contributed by atoms with Crippen LogP contribution in [0.2, 0.25) is 0 Å². The maximum atomic E-state index is 12.5. The van der Waals surface area contributed by atoms with Crippen LogP contribution in [-0.2, 0) is 14.9 Å². The van der Waals surface area contributed by atoms with Crippen LogP contribution in [0.4, 0.5) is 0 Å². The first-order chi connectivity index (χ1) is 9.65. The van der Waals surface area contributed by atoms with Gasteiger partial charge in [-0.3, -0.25) is 4.79 Å². The zero-order valence-corrected chi connectivity index (χ0v) is 14.3. The van der Waals surface area contributed by atoms with E-state index >= 15 is 0 Å². The number of rotatable bonds is 5. The minimum Gasteiger partial charge on any atom is -0.467 e. The number of methoxy groups -OCH3 is 1. The summed E-state index contributed by atoms with van der Waals surface area (Å²) in [5.41, 5.74) is -0.694. The summed E-state index contributed by atoms with van der Waals surface area (Å²) in [5.74, 6) is -0.788. The van der Waals surface area contributed by atoms with Crippen LogP contribution < -0.4 is 5.32 Å². The number of ether oxygens (including phenoxy) is 1. The predicted octanol–water partition coefficient (Wildman–Crippen LogP) is 2.30. The fraction of sp³-hybridized carbons (Fsp3) is 0.714. The Kier molecular flexibility index (Phi) is 5.44. The first kappa shape index (κ1) is 17.6. The first-order valence-electron chi connectivity index (χ1n) is 6.89. The number of amides is 1. The summed E-state index contributed by atoms with van der Waals surface area (Å²) in [7, 11) is 1.32. The van der Waals surface area contributed by atoms with Crippen molar-refractivity contribution >= 4 is 23.4 Å². The van der Waals surface area contributed by atoms with Crippen LogP contribution in [0.25, 0.3) is 0 Å². The fourth-order valence-electron chi connectivity index (χ4n) is 2.08. The molecule has 0 aliphatic rings. The lowest BCUT2D eigenvalue weighted by molar-refractivity contribution is -0.147. The van der Waals surface area contributed by atoms with E-state index in [0.717, 1.165) is 18.0 Å². The van der Waals surface area contributed by atoms with E-state index in [1.807, 2.05) is 27.7 Å². The quantitative estimate of drug-likeness (QED) is 0.844. The normalized spacial score (nSPS) is 14.4. The first-order valence-corrected chi connectivity index (χ1v) is 7.66. The maximum Gasteiger partial charge on any atom is 0.331 e. The van der Waals surface area contributed by atoms with Gasteiger partial charge in [0.2, 0.25) is 0 Å². The molecule has 6 nitrogen and oxygen atoms in total. The maximum absolute atomic E-state index is 12.5. The number of hydrogen-bond acceptors (Lipinski definition) is 6. The lowest BCUT2D eigenvalue weighted by Gasteiger charge is -2.27. The second kappa shape index (κ2) is 6.51. The molecule has 1 unspecified atom stereocenters. The van der Waals surface area contributed by atoms with Crippen LogP contribution in [0.1, 0.15) is 62.8 Å². The molecule has 0 bridgehead atoms. The minimum absolute atomic E-state index is 0.286. The van der Waals surface area contributed by atoms with Crippen molar-refractivity contribution in [3.8, 4) is 0 Å². The van der Waals surface area contributed by atoms with Crippen molar-refractivity contribution in [1.82, 2.24) is 14.9 Å². The molecule has 0 aromatic carbocycles. The van der Waals surface area contributed by atoms with Gasteiger partial charge in [-0.05, 0) is 24.9 Å². The molecule has 0 saturated heterocycles. The number of esters is 1. The van der Waals surface area contributed by atoms with Crippen LogP contribution in [0.5, 0.6) is 0 Å². The van der Waals surface area contributed by atoms with E-state index in [1.165, 1.54) is 7.11 Å². The molecule has 1 aromatic heterocycles. The molecular weight excluding hydrogens is 290 g/mol. The molecule has 0 fully saturated rings. The number of aromatic nitrogens is 2. The number of nitrogens with one attached hydrogen (secondary N) is 1. The Hall–Kier alpha value is -1.50. The van der Waals surface area contributed by atoms with Crippen LogP contribution in [0, 0.1) is 0 Å². The molecule has 1 heterocycles. The van der Waals surface area contributed by atoms with Gasteiger partial charge < -0.3 is 10.1 Å². The second-order valence-corrected chi connectivity index (χ2v) is 6.98. The summed E-state index contributed by atoms with van der Waals surface area (Å²) in [6, 6.07) is 0. The molecule has 0 aliphatic carbocycles. The molecule has 1 atom stereocenters. The minimum atomic E-state index is -1.04. The number of carbonyl (C=O) groups excluding carboxylic acids is 2. The third-order valence-corrected chi connectivity index (χ3v) is 3.90. The van der Waals surface area contributed by atoms with Crippen molar-refractivity contribution in [3.63, 3.8) is 0 Å². The lowest BCUT2D eigenvalue weighted by atomic mass is 9.90. The van der Waals surface area contributed by atoms with Crippen molar-refractivity contribution in [1.29, 1.82) is 0 Å². The summed E-state index contributed by atoms with van der Waals surface area (Å²) in [6.45, 7) is 9.51. The Bertz CT molecular complexity index is 522. The zero-order valence-electron chi connectivity index (χ0n) is 13.4. The molecule has 0 spiro atoms. The topological polar surface area (TPSA) is 81.2 Å². The van der Waals surface area contributed by atoms with Crippen molar-refractivity contribution in [2.75, 3.05) is 7.11 Å². The molecular formula is C14H23N3O3S. The smallest absolute Gasteiger partial charge is 0.331 e. The summed E-state index contributed by atoms with van der Waals surface area (Å²) < 4.78 is 8.67. The summed E-state index contributed by atoms with van der Waals surface area (Å²) in [5, 5.41) is 6.82. The van der Waals surface area contributed by atoms with Gasteiger partial charge in [0.05, 0.1) is 12.8 Å². The monoisotopic (exact) mass is 313 g/mol. The fourth-order valence-corrected chi connectivity index (χ4v) is 2.85. The van der Waals surface area contributed by atoms with Crippen molar-refractivity contribution in [2.45, 2.75) is 58.4 Å². The van der Waals surface area contributed by atoms with Gasteiger partial charge in [-0.25, -0.2) is 4.79 Å². The average Bonchev–Trinajstić information content (AvgIpc) is 2.87. The highest BCUT2D eigenvalue weighted by Gasteiger charge is 2.37. The van der Waals surface area contributed by atoms with E-state index < -0.39 is 11.5 Å². The summed E-state index contributed by atoms with van der Waals surface area (Å²) >= 11 is 1.04. The van der Waals surface area contributed by atoms with E-state index in [2.05, 4.69) is 14.9 Å². The highest BCUT2D eigenvalue weighted by molar-refractivity contribution is 7.08. The molecule has 7 heteroatoms. The van der Waals surface area contributed by atoms with E-state index in [1.54, 1.807) is 6.92 Å². The van der Waals surface area contributed by atoms with E-state index in [0.29, 0.717) is 17.0 Å². The summed E-state index contributed by atoms with van der Waals surface area (Å²) in [4.78, 5) is 24.9. The van der Waals surface area contributed by atoms with E-state index in [-0.39, 0.29) is 11.3 Å². The van der Waals surface area contributed by atoms with Gasteiger partial charge in [0.25, 0.3) is 5.91 Å². The number of hydrogen-bond donors (Lipinski definition) is 1. The zero-order chi connectivity index (χ0) is 16.3. The third-order valence-electron chi connectivity index (χ3n) is 3.18. The molecule has 0 aliphatic heterocycles. The van der Waals surface area contributed by atoms with Crippen molar-refractivity contribution in [2.24, 2.45) is 0 Å². The lowest BCUT2D eigenvalue weighted by Crippen LogP contribution is -2.52. The SMILES string of the molecule is CCCC(C)(NC(=O)c1snnc1C(C)(C)C)C(=O)OC. The largest absolute Gasteiger partial charge is 0.467 e. The van der Waals surface area contributed by atoms with Crippen molar-refractivity contribution in [3.05, 3.63) is 10.6 Å². The molecule has 1 amide bonds. The van der Waals surface area contributed by atoms with Crippen molar-refractivity contribution < 1.29 is 14.3 Å². The van der Waals surface area contributed by atoms with Gasteiger partial charge in [0.1, 0.15) is 10.4 Å². The van der Waals surface area contributed by atoms with Gasteiger partial charge in [-0.1, -0.05) is 38.6 Å². The van der Waals surface area contributed by atoms with Crippen LogP contribution in [0.15, 0.2) is 0 Å². The molecule has 1 N–H and O–H groups in total. The number of carbonyl (C=O) groups is 2.